The smallest absolute Gasteiger partial charge is 0.268 e. The van der Waals surface area contributed by atoms with E-state index in [2.05, 4.69) is 5.10 Å². The van der Waals surface area contributed by atoms with Crippen molar-refractivity contribution in [2.45, 2.75) is 25.9 Å². The van der Waals surface area contributed by atoms with Gasteiger partial charge < -0.3 is 14.2 Å². The number of rotatable bonds is 7. The minimum absolute atomic E-state index is 0.331. The molecular formula is C24H24N2O6. The van der Waals surface area contributed by atoms with Crippen molar-refractivity contribution in [3.05, 3.63) is 59.2 Å². The summed E-state index contributed by atoms with van der Waals surface area (Å²) < 4.78 is 16.4. The van der Waals surface area contributed by atoms with E-state index in [0.717, 1.165) is 17.7 Å². The van der Waals surface area contributed by atoms with E-state index in [0.29, 0.717) is 42.2 Å². The van der Waals surface area contributed by atoms with Gasteiger partial charge in [0.2, 0.25) is 0 Å². The number of carbonyl (C=O) groups is 3. The van der Waals surface area contributed by atoms with Crippen LogP contribution in [0.1, 0.15) is 46.0 Å². The molecular weight excluding hydrogens is 412 g/mol. The number of methoxy groups -OCH3 is 1. The van der Waals surface area contributed by atoms with E-state index < -0.39 is 30.2 Å². The minimum atomic E-state index is -1.28. The monoisotopic (exact) mass is 436 g/mol. The highest BCUT2D eigenvalue weighted by Crippen LogP contribution is 2.29. The van der Waals surface area contributed by atoms with Crippen molar-refractivity contribution < 1.29 is 28.6 Å². The van der Waals surface area contributed by atoms with Crippen LogP contribution >= 0.6 is 0 Å². The van der Waals surface area contributed by atoms with Crippen LogP contribution in [-0.4, -0.2) is 61.2 Å². The predicted molar refractivity (Wildman–Crippen MR) is 116 cm³/mol. The molecule has 8 nitrogen and oxygen atoms in total. The molecule has 1 aliphatic carbocycles. The second-order valence-electron chi connectivity index (χ2n) is 7.43. The highest BCUT2D eigenvalue weighted by molar-refractivity contribution is 6.28. The number of ether oxygens (including phenoxy) is 3. The van der Waals surface area contributed by atoms with Crippen molar-refractivity contribution in [3.63, 3.8) is 0 Å². The van der Waals surface area contributed by atoms with Crippen molar-refractivity contribution in [2.24, 2.45) is 5.10 Å². The molecule has 1 heterocycles. The molecule has 0 unspecified atom stereocenters. The lowest BCUT2D eigenvalue weighted by molar-refractivity contribution is -0.136. The lowest BCUT2D eigenvalue weighted by Gasteiger charge is -2.24. The molecule has 166 valence electrons. The van der Waals surface area contributed by atoms with Crippen molar-refractivity contribution >= 4 is 23.2 Å². The molecule has 0 aromatic heterocycles. The summed E-state index contributed by atoms with van der Waals surface area (Å²) >= 11 is 0. The van der Waals surface area contributed by atoms with Crippen LogP contribution in [0.2, 0.25) is 0 Å². The van der Waals surface area contributed by atoms with Gasteiger partial charge in [0, 0.05) is 23.2 Å². The Morgan fingerprint density at radius 1 is 1.09 bits per heavy atom. The zero-order valence-corrected chi connectivity index (χ0v) is 18.0. The molecule has 1 amide bonds. The summed E-state index contributed by atoms with van der Waals surface area (Å²) in [5.41, 5.74) is 2.24. The normalized spacial score (nSPS) is 16.1. The third kappa shape index (κ3) is 4.13. The number of hydrogen-bond donors (Lipinski definition) is 0. The second-order valence-corrected chi connectivity index (χ2v) is 7.43. The first kappa shape index (κ1) is 21.7. The Kier molecular flexibility index (Phi) is 6.32. The topological polar surface area (TPSA) is 94.5 Å². The van der Waals surface area contributed by atoms with E-state index in [9.17, 15) is 14.4 Å². The first-order chi connectivity index (χ1) is 15.5. The molecule has 0 spiro atoms. The van der Waals surface area contributed by atoms with Crippen molar-refractivity contribution in [1.82, 2.24) is 5.01 Å². The largest absolute Gasteiger partial charge is 0.493 e. The molecule has 2 aliphatic rings. The molecule has 0 saturated carbocycles. The molecule has 2 aromatic rings. The van der Waals surface area contributed by atoms with Gasteiger partial charge in [0.25, 0.3) is 5.91 Å². The SMILES string of the molecule is CCOc1cc(C2=NN(C(=O)COC3C(=O)c4ccccc4C3=O)CCC2)ccc1OC. The Bertz CT molecular complexity index is 1060. The molecule has 0 fully saturated rings. The average molecular weight is 436 g/mol. The Balaban J connectivity index is 1.45. The van der Waals surface area contributed by atoms with Gasteiger partial charge in [-0.05, 0) is 38.0 Å². The van der Waals surface area contributed by atoms with E-state index in [-0.39, 0.29) is 0 Å². The van der Waals surface area contributed by atoms with E-state index in [4.69, 9.17) is 14.2 Å². The quantitative estimate of drug-likeness (QED) is 0.620. The number of carbonyl (C=O) groups excluding carboxylic acids is 3. The van der Waals surface area contributed by atoms with Crippen molar-refractivity contribution in [2.75, 3.05) is 26.9 Å². The number of Topliss-reactive ketones (excluding diaryl/α,β-unsaturated/α-hetero) is 2. The number of amides is 1. The Hall–Kier alpha value is -3.52. The molecule has 0 bridgehead atoms. The number of hydrogen-bond acceptors (Lipinski definition) is 7. The summed E-state index contributed by atoms with van der Waals surface area (Å²) in [6.07, 6.45) is 0.157. The fraction of sp³-hybridized carbons (Fsp3) is 0.333. The van der Waals surface area contributed by atoms with E-state index in [1.54, 1.807) is 31.4 Å². The van der Waals surface area contributed by atoms with Crippen LogP contribution in [0.25, 0.3) is 0 Å². The fourth-order valence-electron chi connectivity index (χ4n) is 3.84. The van der Waals surface area contributed by atoms with Gasteiger partial charge in [-0.1, -0.05) is 24.3 Å². The summed E-state index contributed by atoms with van der Waals surface area (Å²) in [4.78, 5) is 37.6. The molecule has 2 aromatic carbocycles. The number of hydrazone groups is 1. The van der Waals surface area contributed by atoms with Crippen LogP contribution in [0.15, 0.2) is 47.6 Å². The first-order valence-corrected chi connectivity index (χ1v) is 10.5. The number of nitrogens with zero attached hydrogens (tertiary/aromatic N) is 2. The zero-order valence-electron chi connectivity index (χ0n) is 18.0. The Labute approximate surface area is 185 Å². The molecule has 32 heavy (non-hydrogen) atoms. The second kappa shape index (κ2) is 9.32. The molecule has 0 saturated heterocycles. The zero-order chi connectivity index (χ0) is 22.7. The summed E-state index contributed by atoms with van der Waals surface area (Å²) in [6.45, 7) is 2.42. The van der Waals surface area contributed by atoms with Crippen LogP contribution in [0, 0.1) is 0 Å². The Morgan fingerprint density at radius 2 is 1.81 bits per heavy atom. The molecule has 4 rings (SSSR count). The Morgan fingerprint density at radius 3 is 2.47 bits per heavy atom. The van der Waals surface area contributed by atoms with E-state index in [1.807, 2.05) is 25.1 Å². The van der Waals surface area contributed by atoms with Gasteiger partial charge >= 0.3 is 0 Å². The van der Waals surface area contributed by atoms with Gasteiger partial charge in [-0.3, -0.25) is 14.4 Å². The summed E-state index contributed by atoms with van der Waals surface area (Å²) in [5.74, 6) is 0.00295. The lowest BCUT2D eigenvalue weighted by Crippen LogP contribution is -2.37. The maximum atomic E-state index is 12.7. The maximum absolute atomic E-state index is 12.7. The minimum Gasteiger partial charge on any atom is -0.493 e. The first-order valence-electron chi connectivity index (χ1n) is 10.5. The van der Waals surface area contributed by atoms with Gasteiger partial charge in [-0.2, -0.15) is 5.10 Å². The van der Waals surface area contributed by atoms with Crippen LogP contribution in [0.3, 0.4) is 0 Å². The number of ketones is 2. The molecule has 0 atom stereocenters. The van der Waals surface area contributed by atoms with Gasteiger partial charge in [0.05, 0.1) is 19.4 Å². The number of fused-ring (bicyclic) bond motifs is 1. The van der Waals surface area contributed by atoms with E-state index in [1.165, 1.54) is 5.01 Å². The van der Waals surface area contributed by atoms with Crippen molar-refractivity contribution in [3.8, 4) is 11.5 Å². The van der Waals surface area contributed by atoms with Crippen LogP contribution in [0.5, 0.6) is 11.5 Å². The molecule has 8 heteroatoms. The standard InChI is InChI=1S/C24H24N2O6/c1-3-31-20-13-15(10-11-19(20)30-2)18-9-6-12-26(25-18)21(27)14-32-24-22(28)16-7-4-5-8-17(16)23(24)29/h4-5,7-8,10-11,13,24H,3,6,9,12,14H2,1-2H3. The third-order valence-electron chi connectivity index (χ3n) is 5.42. The predicted octanol–water partition coefficient (Wildman–Crippen LogP) is 2.88. The van der Waals surface area contributed by atoms with E-state index >= 15 is 0 Å². The molecule has 0 radical (unpaired) electrons. The average Bonchev–Trinajstić information content (AvgIpc) is 3.07. The molecule has 0 N–H and O–H groups in total. The van der Waals surface area contributed by atoms with Gasteiger partial charge in [0.15, 0.2) is 29.2 Å². The lowest BCUT2D eigenvalue weighted by atomic mass is 10.0. The van der Waals surface area contributed by atoms with Crippen molar-refractivity contribution in [1.29, 1.82) is 0 Å². The summed E-state index contributed by atoms with van der Waals surface area (Å²) in [7, 11) is 1.58. The summed E-state index contributed by atoms with van der Waals surface area (Å²) in [6, 6.07) is 12.1. The number of benzene rings is 2. The van der Waals surface area contributed by atoms with Crippen LogP contribution < -0.4 is 9.47 Å². The van der Waals surface area contributed by atoms with Crippen LogP contribution in [0.4, 0.5) is 0 Å². The van der Waals surface area contributed by atoms with Gasteiger partial charge in [0.1, 0.15) is 6.61 Å². The fourth-order valence-corrected chi connectivity index (χ4v) is 3.84. The third-order valence-corrected chi connectivity index (χ3v) is 5.42. The highest BCUT2D eigenvalue weighted by atomic mass is 16.5. The van der Waals surface area contributed by atoms with Gasteiger partial charge in [-0.15, -0.1) is 0 Å². The van der Waals surface area contributed by atoms with Gasteiger partial charge in [-0.25, -0.2) is 5.01 Å². The summed E-state index contributed by atoms with van der Waals surface area (Å²) in [5, 5.41) is 5.82. The van der Waals surface area contributed by atoms with Crippen LogP contribution in [-0.2, 0) is 9.53 Å². The maximum Gasteiger partial charge on any atom is 0.268 e. The highest BCUT2D eigenvalue weighted by Gasteiger charge is 2.39. The molecule has 1 aliphatic heterocycles.